The van der Waals surface area contributed by atoms with Gasteiger partial charge in [-0.1, -0.05) is 32.0 Å². The molecule has 0 aliphatic rings. The third kappa shape index (κ3) is 3.95. The van der Waals surface area contributed by atoms with E-state index in [4.69, 9.17) is 26.9 Å². The topological polar surface area (TPSA) is 130 Å². The zero-order valence-electron chi connectivity index (χ0n) is 16.1. The van der Waals surface area contributed by atoms with E-state index in [2.05, 4.69) is 28.4 Å². The van der Waals surface area contributed by atoms with Crippen molar-refractivity contribution in [1.82, 2.24) is 14.5 Å². The molecule has 0 aliphatic heterocycles. The first-order chi connectivity index (χ1) is 12.8. The molecule has 27 heavy (non-hydrogen) atoms. The standard InChI is InChI=1S/C19H27N7O/c1-19(2,10-23-18(21)22)11-26-14(8-9-27-3)25-15-16(26)12-6-4-5-7-13(12)24-17(15)20/h4-7H,8-11H2,1-3H3,(H2,20,24)(H4,21,22,23). The van der Waals surface area contributed by atoms with Crippen LogP contribution in [0.2, 0.25) is 0 Å². The highest BCUT2D eigenvalue weighted by Gasteiger charge is 2.24. The molecular formula is C19H27N7O. The van der Waals surface area contributed by atoms with Crippen molar-refractivity contribution in [1.29, 1.82) is 0 Å². The number of para-hydroxylation sites is 1. The lowest BCUT2D eigenvalue weighted by Gasteiger charge is -2.25. The second-order valence-electron chi connectivity index (χ2n) is 7.47. The average molecular weight is 369 g/mol. The lowest BCUT2D eigenvalue weighted by Crippen LogP contribution is -2.29. The van der Waals surface area contributed by atoms with Gasteiger partial charge >= 0.3 is 0 Å². The molecule has 0 radical (unpaired) electrons. The Morgan fingerprint density at radius 1 is 1.22 bits per heavy atom. The minimum atomic E-state index is -0.182. The summed E-state index contributed by atoms with van der Waals surface area (Å²) in [5, 5.41) is 1.02. The molecule has 3 aromatic rings. The molecule has 0 fully saturated rings. The van der Waals surface area contributed by atoms with Crippen molar-refractivity contribution in [3.63, 3.8) is 0 Å². The van der Waals surface area contributed by atoms with Crippen LogP contribution in [0.3, 0.4) is 0 Å². The van der Waals surface area contributed by atoms with Crippen LogP contribution in [0.25, 0.3) is 21.9 Å². The molecule has 0 saturated carbocycles. The number of rotatable bonds is 7. The van der Waals surface area contributed by atoms with Gasteiger partial charge in [-0.3, -0.25) is 4.99 Å². The molecule has 0 saturated heterocycles. The molecule has 3 rings (SSSR count). The van der Waals surface area contributed by atoms with E-state index in [0.29, 0.717) is 31.9 Å². The van der Waals surface area contributed by atoms with Crippen LogP contribution in [-0.4, -0.2) is 40.8 Å². The number of ether oxygens (including phenoxy) is 1. The number of nitrogen functional groups attached to an aromatic ring is 1. The van der Waals surface area contributed by atoms with Gasteiger partial charge in [0, 0.05) is 37.4 Å². The maximum Gasteiger partial charge on any atom is 0.185 e. The zero-order chi connectivity index (χ0) is 19.6. The normalized spacial score (nSPS) is 12.0. The van der Waals surface area contributed by atoms with E-state index < -0.39 is 0 Å². The van der Waals surface area contributed by atoms with Crippen molar-refractivity contribution >= 4 is 33.7 Å². The lowest BCUT2D eigenvalue weighted by atomic mass is 9.93. The molecule has 2 aromatic heterocycles. The number of pyridine rings is 1. The van der Waals surface area contributed by atoms with Crippen LogP contribution in [0, 0.1) is 5.41 Å². The van der Waals surface area contributed by atoms with Gasteiger partial charge < -0.3 is 26.5 Å². The Bertz CT molecular complexity index is 987. The van der Waals surface area contributed by atoms with Gasteiger partial charge in [0.05, 0.1) is 17.6 Å². The van der Waals surface area contributed by atoms with Crippen molar-refractivity contribution in [2.45, 2.75) is 26.8 Å². The molecule has 0 bridgehead atoms. The molecule has 1 aromatic carbocycles. The number of methoxy groups -OCH3 is 1. The fourth-order valence-corrected chi connectivity index (χ4v) is 3.24. The smallest absolute Gasteiger partial charge is 0.185 e. The Balaban J connectivity index is 2.19. The van der Waals surface area contributed by atoms with E-state index >= 15 is 0 Å². The Labute approximate surface area is 158 Å². The summed E-state index contributed by atoms with van der Waals surface area (Å²) < 4.78 is 7.47. The summed E-state index contributed by atoms with van der Waals surface area (Å²) in [6.07, 6.45) is 0.678. The fraction of sp³-hybridized carbons (Fsp3) is 0.421. The second-order valence-corrected chi connectivity index (χ2v) is 7.47. The Morgan fingerprint density at radius 3 is 2.67 bits per heavy atom. The van der Waals surface area contributed by atoms with Crippen molar-refractivity contribution in [2.75, 3.05) is 26.0 Å². The number of nitrogens with zero attached hydrogens (tertiary/aromatic N) is 4. The number of imidazole rings is 1. The number of nitrogens with two attached hydrogens (primary N) is 3. The van der Waals surface area contributed by atoms with Gasteiger partial charge in [0.1, 0.15) is 11.3 Å². The number of guanidine groups is 1. The van der Waals surface area contributed by atoms with E-state index in [0.717, 1.165) is 27.8 Å². The molecule has 0 atom stereocenters. The third-order valence-electron chi connectivity index (χ3n) is 4.49. The van der Waals surface area contributed by atoms with Crippen LogP contribution in [0.1, 0.15) is 19.7 Å². The van der Waals surface area contributed by atoms with E-state index in [1.165, 1.54) is 0 Å². The lowest BCUT2D eigenvalue weighted by molar-refractivity contribution is 0.198. The highest BCUT2D eigenvalue weighted by Crippen LogP contribution is 2.31. The Kier molecular flexibility index (Phi) is 5.18. The third-order valence-corrected chi connectivity index (χ3v) is 4.49. The molecule has 8 nitrogen and oxygen atoms in total. The molecule has 0 spiro atoms. The molecule has 144 valence electrons. The zero-order valence-corrected chi connectivity index (χ0v) is 16.1. The summed E-state index contributed by atoms with van der Waals surface area (Å²) in [4.78, 5) is 13.5. The van der Waals surface area contributed by atoms with E-state index in [1.54, 1.807) is 7.11 Å². The van der Waals surface area contributed by atoms with Crippen LogP contribution in [0.15, 0.2) is 29.3 Å². The van der Waals surface area contributed by atoms with Gasteiger partial charge in [-0.2, -0.15) is 0 Å². The highest BCUT2D eigenvalue weighted by atomic mass is 16.5. The van der Waals surface area contributed by atoms with Crippen molar-refractivity contribution in [3.8, 4) is 0 Å². The van der Waals surface area contributed by atoms with E-state index in [9.17, 15) is 0 Å². The first-order valence-electron chi connectivity index (χ1n) is 8.90. The summed E-state index contributed by atoms with van der Waals surface area (Å²) in [7, 11) is 1.68. The average Bonchev–Trinajstić information content (AvgIpc) is 2.97. The summed E-state index contributed by atoms with van der Waals surface area (Å²) in [5.41, 5.74) is 19.6. The van der Waals surface area contributed by atoms with Crippen molar-refractivity contribution in [3.05, 3.63) is 30.1 Å². The predicted molar refractivity (Wildman–Crippen MR) is 109 cm³/mol. The number of hydrogen-bond donors (Lipinski definition) is 3. The van der Waals surface area contributed by atoms with E-state index in [1.807, 2.05) is 24.3 Å². The fourth-order valence-electron chi connectivity index (χ4n) is 3.24. The number of aromatic nitrogens is 3. The van der Waals surface area contributed by atoms with Crippen LogP contribution in [-0.2, 0) is 17.7 Å². The number of benzene rings is 1. The van der Waals surface area contributed by atoms with Crippen LogP contribution < -0.4 is 17.2 Å². The molecule has 2 heterocycles. The monoisotopic (exact) mass is 369 g/mol. The van der Waals surface area contributed by atoms with Crippen LogP contribution >= 0.6 is 0 Å². The van der Waals surface area contributed by atoms with Gasteiger partial charge in [0.2, 0.25) is 0 Å². The number of fused-ring (bicyclic) bond motifs is 3. The predicted octanol–water partition coefficient (Wildman–Crippen LogP) is 1.66. The highest BCUT2D eigenvalue weighted by molar-refractivity contribution is 6.06. The van der Waals surface area contributed by atoms with Crippen LogP contribution in [0.5, 0.6) is 0 Å². The molecule has 8 heteroatoms. The quantitative estimate of drug-likeness (QED) is 0.429. The second kappa shape index (κ2) is 7.40. The van der Waals surface area contributed by atoms with Gasteiger partial charge in [-0.05, 0) is 6.07 Å². The minimum Gasteiger partial charge on any atom is -0.384 e. The summed E-state index contributed by atoms with van der Waals surface area (Å²) in [5.74, 6) is 1.44. The summed E-state index contributed by atoms with van der Waals surface area (Å²) >= 11 is 0. The van der Waals surface area contributed by atoms with Crippen molar-refractivity contribution in [2.24, 2.45) is 21.9 Å². The maximum atomic E-state index is 6.22. The largest absolute Gasteiger partial charge is 0.384 e. The summed E-state index contributed by atoms with van der Waals surface area (Å²) in [6, 6.07) is 7.96. The van der Waals surface area contributed by atoms with Crippen LogP contribution in [0.4, 0.5) is 5.82 Å². The van der Waals surface area contributed by atoms with Gasteiger partial charge in [0.25, 0.3) is 0 Å². The number of anilines is 1. The number of hydrogen-bond acceptors (Lipinski definition) is 5. The Hall–Kier alpha value is -2.87. The van der Waals surface area contributed by atoms with Gasteiger partial charge in [-0.25, -0.2) is 9.97 Å². The summed E-state index contributed by atoms with van der Waals surface area (Å²) in [6.45, 7) is 6.02. The SMILES string of the molecule is COCCc1nc2c(N)nc3ccccc3c2n1CC(C)(C)CN=C(N)N. The maximum absolute atomic E-state index is 6.22. The first-order valence-corrected chi connectivity index (χ1v) is 8.90. The van der Waals surface area contributed by atoms with E-state index in [-0.39, 0.29) is 11.4 Å². The molecule has 0 unspecified atom stereocenters. The van der Waals surface area contributed by atoms with Gasteiger partial charge in [0.15, 0.2) is 11.8 Å². The minimum absolute atomic E-state index is 0.0945. The molecular weight excluding hydrogens is 342 g/mol. The number of aliphatic imine (C=N–C) groups is 1. The molecule has 6 N–H and O–H groups in total. The first kappa shape index (κ1) is 18.9. The molecule has 0 aliphatic carbocycles. The van der Waals surface area contributed by atoms with Crippen molar-refractivity contribution < 1.29 is 4.74 Å². The Morgan fingerprint density at radius 2 is 1.96 bits per heavy atom. The molecule has 0 amide bonds. The van der Waals surface area contributed by atoms with Gasteiger partial charge in [-0.15, -0.1) is 0 Å².